The van der Waals surface area contributed by atoms with Gasteiger partial charge in [-0.15, -0.1) is 0 Å². The first kappa shape index (κ1) is 21.0. The van der Waals surface area contributed by atoms with Gasteiger partial charge in [0.1, 0.15) is 11.6 Å². The Morgan fingerprint density at radius 2 is 1.48 bits per heavy atom. The summed E-state index contributed by atoms with van der Waals surface area (Å²) in [5.41, 5.74) is 0.381. The molecule has 7 nitrogen and oxygen atoms in total. The fourth-order valence-corrected chi connectivity index (χ4v) is 4.58. The molecule has 0 bridgehead atoms. The summed E-state index contributed by atoms with van der Waals surface area (Å²) in [6.07, 6.45) is 0. The zero-order valence-electron chi connectivity index (χ0n) is 15.9. The lowest BCUT2D eigenvalue weighted by Crippen LogP contribution is -2.50. The largest absolute Gasteiger partial charge is 0.493 e. The van der Waals surface area contributed by atoms with E-state index in [0.29, 0.717) is 23.1 Å². The van der Waals surface area contributed by atoms with Crippen molar-refractivity contribution in [2.45, 2.75) is 4.90 Å². The standard InChI is InChI=1S/C19H20F2N2O5S/c1-27-17-4-3-13(9-18(17)28-2)19(24)22-5-7-23(8-6-22)29(25,26)16-11-14(20)10-15(21)12-16/h3-4,9-12H,5-8H2,1-2H3. The number of piperazine rings is 1. The number of carbonyl (C=O) groups is 1. The molecule has 1 fully saturated rings. The van der Waals surface area contributed by atoms with Crippen molar-refractivity contribution >= 4 is 15.9 Å². The predicted molar refractivity (Wildman–Crippen MR) is 101 cm³/mol. The number of nitrogens with zero attached hydrogens (tertiary/aromatic N) is 2. The van der Waals surface area contributed by atoms with E-state index in [1.807, 2.05) is 0 Å². The average Bonchev–Trinajstić information content (AvgIpc) is 2.72. The van der Waals surface area contributed by atoms with Gasteiger partial charge in [-0.05, 0) is 30.3 Å². The van der Waals surface area contributed by atoms with Crippen LogP contribution in [0.25, 0.3) is 0 Å². The van der Waals surface area contributed by atoms with Crippen LogP contribution in [-0.4, -0.2) is 63.9 Å². The number of amides is 1. The van der Waals surface area contributed by atoms with Gasteiger partial charge in [0, 0.05) is 37.8 Å². The van der Waals surface area contributed by atoms with E-state index in [2.05, 4.69) is 0 Å². The highest BCUT2D eigenvalue weighted by Gasteiger charge is 2.31. The number of rotatable bonds is 5. The molecular formula is C19H20F2N2O5S. The molecule has 0 saturated carbocycles. The molecule has 0 N–H and O–H groups in total. The SMILES string of the molecule is COc1ccc(C(=O)N2CCN(S(=O)(=O)c3cc(F)cc(F)c3)CC2)cc1OC. The molecule has 0 atom stereocenters. The second-order valence-electron chi connectivity index (χ2n) is 6.37. The number of benzene rings is 2. The molecule has 0 aliphatic carbocycles. The molecular weight excluding hydrogens is 406 g/mol. The third kappa shape index (κ3) is 4.33. The maximum Gasteiger partial charge on any atom is 0.254 e. The maximum atomic E-state index is 13.4. The maximum absolute atomic E-state index is 13.4. The average molecular weight is 426 g/mol. The van der Waals surface area contributed by atoms with Crippen LogP contribution < -0.4 is 9.47 Å². The predicted octanol–water partition coefficient (Wildman–Crippen LogP) is 2.13. The van der Waals surface area contributed by atoms with Crippen molar-refractivity contribution in [1.82, 2.24) is 9.21 Å². The molecule has 0 spiro atoms. The summed E-state index contributed by atoms with van der Waals surface area (Å²) in [5, 5.41) is 0. The molecule has 0 radical (unpaired) electrons. The highest BCUT2D eigenvalue weighted by Crippen LogP contribution is 2.28. The van der Waals surface area contributed by atoms with Crippen LogP contribution in [0.5, 0.6) is 11.5 Å². The first-order valence-corrected chi connectivity index (χ1v) is 10.2. The first-order chi connectivity index (χ1) is 13.8. The Morgan fingerprint density at radius 1 is 0.897 bits per heavy atom. The van der Waals surface area contributed by atoms with Crippen molar-refractivity contribution < 1.29 is 31.5 Å². The van der Waals surface area contributed by atoms with Gasteiger partial charge < -0.3 is 14.4 Å². The number of sulfonamides is 1. The van der Waals surface area contributed by atoms with Crippen molar-refractivity contribution in [3.8, 4) is 11.5 Å². The number of halogens is 2. The molecule has 1 aliphatic heterocycles. The second kappa shape index (κ2) is 8.34. The molecule has 10 heteroatoms. The normalized spacial score (nSPS) is 15.2. The zero-order chi connectivity index (χ0) is 21.2. The first-order valence-electron chi connectivity index (χ1n) is 8.74. The van der Waals surface area contributed by atoms with E-state index < -0.39 is 26.6 Å². The molecule has 29 heavy (non-hydrogen) atoms. The highest BCUT2D eigenvalue weighted by molar-refractivity contribution is 7.89. The van der Waals surface area contributed by atoms with Gasteiger partial charge in [-0.3, -0.25) is 4.79 Å². The lowest BCUT2D eigenvalue weighted by molar-refractivity contribution is 0.0697. The van der Waals surface area contributed by atoms with Gasteiger partial charge in [0.25, 0.3) is 5.91 Å². The Kier molecular flexibility index (Phi) is 6.04. The Hall–Kier alpha value is -2.72. The zero-order valence-corrected chi connectivity index (χ0v) is 16.7. The highest BCUT2D eigenvalue weighted by atomic mass is 32.2. The minimum atomic E-state index is -4.06. The van der Waals surface area contributed by atoms with E-state index in [4.69, 9.17) is 9.47 Å². The van der Waals surface area contributed by atoms with Crippen molar-refractivity contribution in [2.75, 3.05) is 40.4 Å². The Morgan fingerprint density at radius 3 is 2.03 bits per heavy atom. The third-order valence-corrected chi connectivity index (χ3v) is 6.51. The van der Waals surface area contributed by atoms with Crippen LogP contribution >= 0.6 is 0 Å². The molecule has 1 aliphatic rings. The van der Waals surface area contributed by atoms with Gasteiger partial charge in [-0.1, -0.05) is 0 Å². The minimum Gasteiger partial charge on any atom is -0.493 e. The molecule has 156 valence electrons. The summed E-state index contributed by atoms with van der Waals surface area (Å²) in [6.45, 7) is 0.313. The molecule has 1 heterocycles. The van der Waals surface area contributed by atoms with Crippen LogP contribution in [0.1, 0.15) is 10.4 Å². The number of carbonyl (C=O) groups excluding carboxylic acids is 1. The Balaban J connectivity index is 1.72. The Labute approximate surface area is 167 Å². The molecule has 2 aromatic carbocycles. The number of methoxy groups -OCH3 is 2. The van der Waals surface area contributed by atoms with Gasteiger partial charge in [0.15, 0.2) is 11.5 Å². The smallest absolute Gasteiger partial charge is 0.254 e. The van der Waals surface area contributed by atoms with Gasteiger partial charge in [0.2, 0.25) is 10.0 Å². The van der Waals surface area contributed by atoms with Crippen molar-refractivity contribution in [3.05, 3.63) is 53.6 Å². The van der Waals surface area contributed by atoms with E-state index in [1.165, 1.54) is 19.1 Å². The summed E-state index contributed by atoms with van der Waals surface area (Å²) in [6, 6.07) is 6.94. The van der Waals surface area contributed by atoms with E-state index in [0.717, 1.165) is 16.4 Å². The summed E-state index contributed by atoms with van der Waals surface area (Å²) in [7, 11) is -1.11. The fourth-order valence-electron chi connectivity index (χ4n) is 3.11. The van der Waals surface area contributed by atoms with Gasteiger partial charge in [-0.25, -0.2) is 17.2 Å². The second-order valence-corrected chi connectivity index (χ2v) is 8.31. The van der Waals surface area contributed by atoms with Crippen molar-refractivity contribution in [3.63, 3.8) is 0 Å². The van der Waals surface area contributed by atoms with Crippen LogP contribution in [0.2, 0.25) is 0 Å². The van der Waals surface area contributed by atoms with Crippen molar-refractivity contribution in [2.24, 2.45) is 0 Å². The third-order valence-electron chi connectivity index (χ3n) is 4.63. The molecule has 0 unspecified atom stereocenters. The van der Waals surface area contributed by atoms with Crippen molar-refractivity contribution in [1.29, 1.82) is 0 Å². The number of hydrogen-bond donors (Lipinski definition) is 0. The van der Waals surface area contributed by atoms with Crippen LogP contribution in [0.3, 0.4) is 0 Å². The van der Waals surface area contributed by atoms with Crippen LogP contribution in [0, 0.1) is 11.6 Å². The van der Waals surface area contributed by atoms with Crippen LogP contribution in [0.15, 0.2) is 41.3 Å². The van der Waals surface area contributed by atoms with E-state index in [-0.39, 0.29) is 32.1 Å². The monoisotopic (exact) mass is 426 g/mol. The number of hydrogen-bond acceptors (Lipinski definition) is 5. The van der Waals surface area contributed by atoms with E-state index in [1.54, 1.807) is 18.2 Å². The van der Waals surface area contributed by atoms with E-state index in [9.17, 15) is 22.0 Å². The quantitative estimate of drug-likeness (QED) is 0.732. The lowest BCUT2D eigenvalue weighted by atomic mass is 10.1. The summed E-state index contributed by atoms with van der Waals surface area (Å²) < 4.78 is 63.6. The molecule has 0 aromatic heterocycles. The topological polar surface area (TPSA) is 76.2 Å². The van der Waals surface area contributed by atoms with Gasteiger partial charge in [-0.2, -0.15) is 4.31 Å². The lowest BCUT2D eigenvalue weighted by Gasteiger charge is -2.34. The minimum absolute atomic E-state index is 0.0134. The molecule has 1 saturated heterocycles. The van der Waals surface area contributed by atoms with Gasteiger partial charge >= 0.3 is 0 Å². The Bertz CT molecular complexity index is 1000. The fraction of sp³-hybridized carbons (Fsp3) is 0.316. The van der Waals surface area contributed by atoms with Gasteiger partial charge in [0.05, 0.1) is 19.1 Å². The number of ether oxygens (including phenoxy) is 2. The summed E-state index contributed by atoms with van der Waals surface area (Å²) >= 11 is 0. The van der Waals surface area contributed by atoms with E-state index >= 15 is 0 Å². The van der Waals surface area contributed by atoms with Crippen LogP contribution in [-0.2, 0) is 10.0 Å². The molecule has 1 amide bonds. The van der Waals surface area contributed by atoms with Crippen LogP contribution in [0.4, 0.5) is 8.78 Å². The summed E-state index contributed by atoms with van der Waals surface area (Å²) in [5.74, 6) is -1.31. The molecule has 3 rings (SSSR count). The summed E-state index contributed by atoms with van der Waals surface area (Å²) in [4.78, 5) is 13.8. The molecule has 2 aromatic rings.